The first-order valence-corrected chi connectivity index (χ1v) is 7.57. The van der Waals surface area contributed by atoms with Crippen molar-refractivity contribution in [1.82, 2.24) is 9.97 Å². The van der Waals surface area contributed by atoms with Crippen molar-refractivity contribution in [3.63, 3.8) is 0 Å². The number of halogens is 2. The highest BCUT2D eigenvalue weighted by Gasteiger charge is 2.12. The van der Waals surface area contributed by atoms with Crippen LogP contribution in [-0.4, -0.2) is 9.97 Å². The van der Waals surface area contributed by atoms with Crippen molar-refractivity contribution in [2.75, 3.05) is 0 Å². The highest BCUT2D eigenvalue weighted by Crippen LogP contribution is 2.33. The molecule has 0 aliphatic heterocycles. The van der Waals surface area contributed by atoms with Crippen LogP contribution in [0.1, 0.15) is 0 Å². The van der Waals surface area contributed by atoms with Crippen LogP contribution in [0.5, 0.6) is 0 Å². The summed E-state index contributed by atoms with van der Waals surface area (Å²) in [6.07, 6.45) is 0. The van der Waals surface area contributed by atoms with Crippen LogP contribution >= 0.6 is 22.9 Å². The summed E-state index contributed by atoms with van der Waals surface area (Å²) in [6.45, 7) is 0. The van der Waals surface area contributed by atoms with Crippen LogP contribution in [0, 0.1) is 5.82 Å². The quantitative estimate of drug-likeness (QED) is 0.445. The van der Waals surface area contributed by atoms with E-state index in [1.807, 2.05) is 23.6 Å². The second kappa shape index (κ2) is 4.76. The molecule has 0 bridgehead atoms. The SMILES string of the molecule is Fc1ccc2nc(-c3csc4ccccc34)nc(Cl)c2c1. The fraction of sp³-hybridized carbons (Fsp3) is 0. The predicted molar refractivity (Wildman–Crippen MR) is 85.3 cm³/mol. The Bertz CT molecular complexity index is 981. The maximum atomic E-state index is 13.3. The summed E-state index contributed by atoms with van der Waals surface area (Å²) in [5.74, 6) is 0.221. The van der Waals surface area contributed by atoms with Crippen molar-refractivity contribution in [2.24, 2.45) is 0 Å². The Balaban J connectivity index is 2.00. The molecule has 0 N–H and O–H groups in total. The van der Waals surface area contributed by atoms with Gasteiger partial charge in [0.1, 0.15) is 11.0 Å². The van der Waals surface area contributed by atoms with Gasteiger partial charge in [-0.05, 0) is 24.3 Å². The lowest BCUT2D eigenvalue weighted by Crippen LogP contribution is -1.91. The Hall–Kier alpha value is -2.04. The van der Waals surface area contributed by atoms with Gasteiger partial charge < -0.3 is 0 Å². The minimum absolute atomic E-state index is 0.268. The Labute approximate surface area is 128 Å². The molecule has 2 aromatic carbocycles. The van der Waals surface area contributed by atoms with E-state index in [0.717, 1.165) is 10.9 Å². The van der Waals surface area contributed by atoms with Crippen molar-refractivity contribution >= 4 is 43.9 Å². The normalized spacial score (nSPS) is 11.3. The number of rotatable bonds is 1. The first-order valence-electron chi connectivity index (χ1n) is 6.32. The predicted octanol–water partition coefficient (Wildman–Crippen LogP) is 5.30. The monoisotopic (exact) mass is 314 g/mol. The van der Waals surface area contributed by atoms with Gasteiger partial charge in [0, 0.05) is 26.4 Å². The molecule has 5 heteroatoms. The molecule has 0 spiro atoms. The van der Waals surface area contributed by atoms with Crippen LogP contribution in [0.3, 0.4) is 0 Å². The lowest BCUT2D eigenvalue weighted by molar-refractivity contribution is 0.629. The summed E-state index contributed by atoms with van der Waals surface area (Å²) in [6, 6.07) is 12.4. The summed E-state index contributed by atoms with van der Waals surface area (Å²) in [5.41, 5.74) is 1.59. The van der Waals surface area contributed by atoms with Gasteiger partial charge in [0.05, 0.1) is 5.52 Å². The molecule has 0 atom stereocenters. The van der Waals surface area contributed by atoms with Crippen LogP contribution in [0.15, 0.2) is 47.8 Å². The summed E-state index contributed by atoms with van der Waals surface area (Å²) >= 11 is 7.83. The first kappa shape index (κ1) is 12.7. The molecule has 4 aromatic rings. The van der Waals surface area contributed by atoms with Gasteiger partial charge in [0.25, 0.3) is 0 Å². The third kappa shape index (κ3) is 2.07. The Morgan fingerprint density at radius 2 is 1.86 bits per heavy atom. The zero-order chi connectivity index (χ0) is 14.4. The minimum atomic E-state index is -0.346. The number of aromatic nitrogens is 2. The number of thiophene rings is 1. The Morgan fingerprint density at radius 3 is 2.76 bits per heavy atom. The maximum Gasteiger partial charge on any atom is 0.162 e. The smallest absolute Gasteiger partial charge is 0.162 e. The second-order valence-electron chi connectivity index (χ2n) is 4.65. The molecule has 0 fully saturated rings. The first-order chi connectivity index (χ1) is 10.2. The van der Waals surface area contributed by atoms with E-state index in [9.17, 15) is 4.39 Å². The second-order valence-corrected chi connectivity index (χ2v) is 5.91. The highest BCUT2D eigenvalue weighted by molar-refractivity contribution is 7.17. The van der Waals surface area contributed by atoms with Gasteiger partial charge in [-0.2, -0.15) is 0 Å². The minimum Gasteiger partial charge on any atom is -0.228 e. The van der Waals surface area contributed by atoms with Crippen LogP contribution < -0.4 is 0 Å². The molecule has 102 valence electrons. The number of benzene rings is 2. The highest BCUT2D eigenvalue weighted by atomic mass is 35.5. The molecule has 0 saturated carbocycles. The molecule has 0 aliphatic rings. The van der Waals surface area contributed by atoms with Gasteiger partial charge in [-0.15, -0.1) is 11.3 Å². The molecular weight excluding hydrogens is 307 g/mol. The summed E-state index contributed by atoms with van der Waals surface area (Å²) < 4.78 is 14.5. The van der Waals surface area contributed by atoms with Crippen LogP contribution in [0.4, 0.5) is 4.39 Å². The zero-order valence-electron chi connectivity index (χ0n) is 10.7. The van der Waals surface area contributed by atoms with Gasteiger partial charge in [-0.25, -0.2) is 14.4 Å². The van der Waals surface area contributed by atoms with E-state index in [0.29, 0.717) is 16.7 Å². The molecule has 0 radical (unpaired) electrons. The molecule has 0 saturated heterocycles. The standard InChI is InChI=1S/C16H8ClFN2S/c17-15-11-7-9(18)5-6-13(11)19-16(20-15)12-8-21-14-4-2-1-3-10(12)14/h1-8H. The maximum absolute atomic E-state index is 13.3. The van der Waals surface area contributed by atoms with Crippen LogP contribution in [0.2, 0.25) is 5.15 Å². The van der Waals surface area contributed by atoms with E-state index in [-0.39, 0.29) is 11.0 Å². The van der Waals surface area contributed by atoms with Gasteiger partial charge in [0.15, 0.2) is 5.82 Å². The van der Waals surface area contributed by atoms with Gasteiger partial charge in [-0.1, -0.05) is 29.8 Å². The average molecular weight is 315 g/mol. The van der Waals surface area contributed by atoms with E-state index >= 15 is 0 Å². The fourth-order valence-electron chi connectivity index (χ4n) is 2.33. The van der Waals surface area contributed by atoms with E-state index in [2.05, 4.69) is 16.0 Å². The number of hydrogen-bond donors (Lipinski definition) is 0. The van der Waals surface area contributed by atoms with Gasteiger partial charge in [-0.3, -0.25) is 0 Å². The van der Waals surface area contributed by atoms with Crippen LogP contribution in [0.25, 0.3) is 32.4 Å². The largest absolute Gasteiger partial charge is 0.228 e. The van der Waals surface area contributed by atoms with E-state index in [1.165, 1.54) is 16.8 Å². The molecule has 2 aromatic heterocycles. The van der Waals surface area contributed by atoms with Crippen molar-refractivity contribution < 1.29 is 4.39 Å². The molecule has 0 unspecified atom stereocenters. The lowest BCUT2D eigenvalue weighted by atomic mass is 10.1. The van der Waals surface area contributed by atoms with E-state index in [4.69, 9.17) is 11.6 Å². The average Bonchev–Trinajstić information content (AvgIpc) is 2.92. The summed E-state index contributed by atoms with van der Waals surface area (Å²) in [7, 11) is 0. The topological polar surface area (TPSA) is 25.8 Å². The van der Waals surface area contributed by atoms with E-state index < -0.39 is 0 Å². The van der Waals surface area contributed by atoms with E-state index in [1.54, 1.807) is 17.4 Å². The molecular formula is C16H8ClFN2S. The zero-order valence-corrected chi connectivity index (χ0v) is 12.2. The molecule has 4 rings (SSSR count). The van der Waals surface area contributed by atoms with Crippen molar-refractivity contribution in [1.29, 1.82) is 0 Å². The molecule has 2 nitrogen and oxygen atoms in total. The fourth-order valence-corrected chi connectivity index (χ4v) is 3.51. The van der Waals surface area contributed by atoms with Crippen molar-refractivity contribution in [3.8, 4) is 11.4 Å². The number of nitrogens with zero attached hydrogens (tertiary/aromatic N) is 2. The van der Waals surface area contributed by atoms with Gasteiger partial charge in [0.2, 0.25) is 0 Å². The third-order valence-corrected chi connectivity index (χ3v) is 4.58. The lowest BCUT2D eigenvalue weighted by Gasteiger charge is -2.04. The number of hydrogen-bond acceptors (Lipinski definition) is 3. The molecule has 21 heavy (non-hydrogen) atoms. The molecule has 0 amide bonds. The van der Waals surface area contributed by atoms with Crippen molar-refractivity contribution in [2.45, 2.75) is 0 Å². The van der Waals surface area contributed by atoms with Gasteiger partial charge >= 0.3 is 0 Å². The summed E-state index contributed by atoms with van der Waals surface area (Å²) in [5, 5.41) is 3.91. The Kier molecular flexibility index (Phi) is 2.87. The number of fused-ring (bicyclic) bond motifs is 2. The third-order valence-electron chi connectivity index (χ3n) is 3.33. The van der Waals surface area contributed by atoms with Crippen LogP contribution in [-0.2, 0) is 0 Å². The summed E-state index contributed by atoms with van der Waals surface area (Å²) in [4.78, 5) is 8.84. The van der Waals surface area contributed by atoms with Crippen molar-refractivity contribution in [3.05, 3.63) is 58.8 Å². The molecule has 0 aliphatic carbocycles. The Morgan fingerprint density at radius 1 is 1.00 bits per heavy atom. The molecule has 2 heterocycles.